The molecule has 0 bridgehead atoms. The smallest absolute Gasteiger partial charge is 0.160 e. The lowest BCUT2D eigenvalue weighted by Gasteiger charge is -2.07. The Bertz CT molecular complexity index is 297. The fraction of sp³-hybridized carbons (Fsp3) is 0.333. The van der Waals surface area contributed by atoms with Crippen molar-refractivity contribution in [1.29, 1.82) is 0 Å². The van der Waals surface area contributed by atoms with E-state index in [0.29, 0.717) is 18.7 Å². The topological polar surface area (TPSA) is 32.3 Å². The SMILES string of the molecule is OCCCNc1cc(Cl)c(F)c(Cl)c1. The fourth-order valence-electron chi connectivity index (χ4n) is 0.969. The Hall–Kier alpha value is -0.510. The summed E-state index contributed by atoms with van der Waals surface area (Å²) in [4.78, 5) is 0. The van der Waals surface area contributed by atoms with Crippen LogP contribution < -0.4 is 5.32 Å². The van der Waals surface area contributed by atoms with Crippen molar-refractivity contribution in [2.24, 2.45) is 0 Å². The standard InChI is InChI=1S/C9H10Cl2FNO/c10-7-4-6(13-2-1-3-14)5-8(11)9(7)12/h4-5,13-14H,1-3H2. The van der Waals surface area contributed by atoms with Gasteiger partial charge in [-0.15, -0.1) is 0 Å². The Balaban J connectivity index is 2.69. The molecular weight excluding hydrogens is 228 g/mol. The van der Waals surface area contributed by atoms with E-state index in [0.717, 1.165) is 0 Å². The van der Waals surface area contributed by atoms with E-state index in [1.54, 1.807) is 0 Å². The lowest BCUT2D eigenvalue weighted by molar-refractivity contribution is 0.292. The minimum Gasteiger partial charge on any atom is -0.396 e. The monoisotopic (exact) mass is 237 g/mol. The number of hydrogen-bond donors (Lipinski definition) is 2. The fourth-order valence-corrected chi connectivity index (χ4v) is 1.46. The number of halogens is 3. The van der Waals surface area contributed by atoms with E-state index in [-0.39, 0.29) is 16.7 Å². The quantitative estimate of drug-likeness (QED) is 0.624. The third-order valence-electron chi connectivity index (χ3n) is 1.65. The Morgan fingerprint density at radius 3 is 2.36 bits per heavy atom. The predicted molar refractivity (Wildman–Crippen MR) is 56.6 cm³/mol. The molecule has 14 heavy (non-hydrogen) atoms. The number of anilines is 1. The molecule has 1 rings (SSSR count). The molecule has 0 atom stereocenters. The average molecular weight is 238 g/mol. The molecule has 1 aromatic rings. The molecule has 2 nitrogen and oxygen atoms in total. The molecule has 0 unspecified atom stereocenters. The Morgan fingerprint density at radius 1 is 1.29 bits per heavy atom. The molecule has 0 spiro atoms. The van der Waals surface area contributed by atoms with Gasteiger partial charge in [0.15, 0.2) is 5.82 Å². The van der Waals surface area contributed by atoms with Crippen LogP contribution >= 0.6 is 23.2 Å². The van der Waals surface area contributed by atoms with Crippen molar-refractivity contribution < 1.29 is 9.50 Å². The van der Waals surface area contributed by atoms with Gasteiger partial charge in [0.25, 0.3) is 0 Å². The van der Waals surface area contributed by atoms with Gasteiger partial charge in [-0.2, -0.15) is 0 Å². The van der Waals surface area contributed by atoms with Gasteiger partial charge in [-0.25, -0.2) is 4.39 Å². The van der Waals surface area contributed by atoms with Crippen molar-refractivity contribution in [3.05, 3.63) is 28.0 Å². The molecule has 78 valence electrons. The molecule has 5 heteroatoms. The van der Waals surface area contributed by atoms with Crippen LogP contribution in [0.5, 0.6) is 0 Å². The van der Waals surface area contributed by atoms with Gasteiger partial charge in [0, 0.05) is 18.8 Å². The molecule has 0 fully saturated rings. The third kappa shape index (κ3) is 3.01. The van der Waals surface area contributed by atoms with Crippen LogP contribution in [0, 0.1) is 5.82 Å². The Kier molecular flexibility index (Phi) is 4.45. The molecule has 0 heterocycles. The zero-order chi connectivity index (χ0) is 10.6. The molecule has 0 amide bonds. The lowest BCUT2D eigenvalue weighted by atomic mass is 10.3. The number of nitrogens with one attached hydrogen (secondary N) is 1. The highest BCUT2D eigenvalue weighted by molar-refractivity contribution is 6.35. The molecule has 0 radical (unpaired) electrons. The highest BCUT2D eigenvalue weighted by Gasteiger charge is 2.06. The van der Waals surface area contributed by atoms with Gasteiger partial charge in [-0.1, -0.05) is 23.2 Å². The minimum atomic E-state index is -0.610. The van der Waals surface area contributed by atoms with E-state index >= 15 is 0 Å². The first kappa shape index (κ1) is 11.6. The van der Waals surface area contributed by atoms with E-state index in [4.69, 9.17) is 28.3 Å². The van der Waals surface area contributed by atoms with Gasteiger partial charge in [0.2, 0.25) is 0 Å². The summed E-state index contributed by atoms with van der Waals surface area (Å²) in [5.41, 5.74) is 0.648. The summed E-state index contributed by atoms with van der Waals surface area (Å²) in [5, 5.41) is 11.5. The second-order valence-electron chi connectivity index (χ2n) is 2.76. The van der Waals surface area contributed by atoms with Crippen molar-refractivity contribution >= 4 is 28.9 Å². The number of hydrogen-bond acceptors (Lipinski definition) is 2. The first-order valence-electron chi connectivity index (χ1n) is 4.14. The van der Waals surface area contributed by atoms with Gasteiger partial charge in [-0.05, 0) is 18.6 Å². The second kappa shape index (κ2) is 5.39. The van der Waals surface area contributed by atoms with Crippen LogP contribution in [0.15, 0.2) is 12.1 Å². The Labute approximate surface area is 91.6 Å². The van der Waals surface area contributed by atoms with Crippen LogP contribution in [0.3, 0.4) is 0 Å². The largest absolute Gasteiger partial charge is 0.396 e. The number of aliphatic hydroxyl groups excluding tert-OH is 1. The van der Waals surface area contributed by atoms with Crippen LogP contribution in [-0.2, 0) is 0 Å². The first-order valence-corrected chi connectivity index (χ1v) is 4.90. The minimum absolute atomic E-state index is 0.0102. The summed E-state index contributed by atoms with van der Waals surface area (Å²) >= 11 is 11.2. The van der Waals surface area contributed by atoms with E-state index in [9.17, 15) is 4.39 Å². The number of rotatable bonds is 4. The van der Waals surface area contributed by atoms with E-state index in [2.05, 4.69) is 5.32 Å². The summed E-state index contributed by atoms with van der Waals surface area (Å²) in [5.74, 6) is -0.610. The number of benzene rings is 1. The highest BCUT2D eigenvalue weighted by atomic mass is 35.5. The average Bonchev–Trinajstić information content (AvgIpc) is 2.14. The highest BCUT2D eigenvalue weighted by Crippen LogP contribution is 2.27. The summed E-state index contributed by atoms with van der Waals surface area (Å²) in [6, 6.07) is 2.92. The van der Waals surface area contributed by atoms with Crippen LogP contribution in [0.1, 0.15) is 6.42 Å². The normalized spacial score (nSPS) is 10.3. The second-order valence-corrected chi connectivity index (χ2v) is 3.57. The van der Waals surface area contributed by atoms with E-state index in [1.165, 1.54) is 12.1 Å². The molecule has 0 aliphatic rings. The molecule has 0 aromatic heterocycles. The molecule has 0 aliphatic carbocycles. The maximum Gasteiger partial charge on any atom is 0.160 e. The molecule has 0 aliphatic heterocycles. The van der Waals surface area contributed by atoms with Crippen molar-refractivity contribution in [3.63, 3.8) is 0 Å². The van der Waals surface area contributed by atoms with Crippen LogP contribution in [-0.4, -0.2) is 18.3 Å². The van der Waals surface area contributed by atoms with Gasteiger partial charge in [0.05, 0.1) is 10.0 Å². The molecule has 1 aromatic carbocycles. The van der Waals surface area contributed by atoms with Crippen LogP contribution in [0.4, 0.5) is 10.1 Å². The summed E-state index contributed by atoms with van der Waals surface area (Å²) in [6.07, 6.45) is 0.618. The van der Waals surface area contributed by atoms with Crippen LogP contribution in [0.25, 0.3) is 0 Å². The van der Waals surface area contributed by atoms with Gasteiger partial charge >= 0.3 is 0 Å². The van der Waals surface area contributed by atoms with E-state index in [1.807, 2.05) is 0 Å². The first-order chi connectivity index (χ1) is 6.65. The number of aliphatic hydroxyl groups is 1. The van der Waals surface area contributed by atoms with Gasteiger partial charge < -0.3 is 10.4 Å². The summed E-state index contributed by atoms with van der Waals surface area (Å²) in [7, 11) is 0. The van der Waals surface area contributed by atoms with Gasteiger partial charge in [0.1, 0.15) is 0 Å². The molecular formula is C9H10Cl2FNO. The lowest BCUT2D eigenvalue weighted by Crippen LogP contribution is -2.03. The van der Waals surface area contributed by atoms with Crippen LogP contribution in [0.2, 0.25) is 10.0 Å². The summed E-state index contributed by atoms with van der Waals surface area (Å²) < 4.78 is 13.0. The van der Waals surface area contributed by atoms with Crippen molar-refractivity contribution in [2.45, 2.75) is 6.42 Å². The zero-order valence-corrected chi connectivity index (χ0v) is 8.87. The van der Waals surface area contributed by atoms with Crippen molar-refractivity contribution in [2.75, 3.05) is 18.5 Å². The third-order valence-corrected chi connectivity index (χ3v) is 2.20. The van der Waals surface area contributed by atoms with Gasteiger partial charge in [-0.3, -0.25) is 0 Å². The molecule has 0 saturated carbocycles. The Morgan fingerprint density at radius 2 is 1.86 bits per heavy atom. The predicted octanol–water partition coefficient (Wildman–Crippen LogP) is 2.93. The zero-order valence-electron chi connectivity index (χ0n) is 7.36. The molecule has 2 N–H and O–H groups in total. The van der Waals surface area contributed by atoms with Crippen molar-refractivity contribution in [3.8, 4) is 0 Å². The maximum atomic E-state index is 13.0. The van der Waals surface area contributed by atoms with E-state index < -0.39 is 5.82 Å². The molecule has 0 saturated heterocycles. The summed E-state index contributed by atoms with van der Waals surface area (Å²) in [6.45, 7) is 0.699. The van der Waals surface area contributed by atoms with Crippen molar-refractivity contribution in [1.82, 2.24) is 0 Å². The maximum absolute atomic E-state index is 13.0.